The lowest BCUT2D eigenvalue weighted by Gasteiger charge is -2.33. The van der Waals surface area contributed by atoms with Gasteiger partial charge in [-0.3, -0.25) is 0 Å². The van der Waals surface area contributed by atoms with Crippen molar-refractivity contribution in [1.82, 2.24) is 5.32 Å². The summed E-state index contributed by atoms with van der Waals surface area (Å²) >= 11 is 0. The first kappa shape index (κ1) is 13.8. The van der Waals surface area contributed by atoms with Crippen LogP contribution in [0.15, 0.2) is 18.2 Å². The van der Waals surface area contributed by atoms with E-state index in [0.717, 1.165) is 38.0 Å². The Kier molecular flexibility index (Phi) is 4.22. The second kappa shape index (κ2) is 6.10. The highest BCUT2D eigenvalue weighted by atomic mass is 19.1. The highest BCUT2D eigenvalue weighted by Crippen LogP contribution is 2.25. The number of anilines is 1. The number of hydrogen-bond acceptors (Lipinski definition) is 3. The molecule has 0 spiro atoms. The van der Waals surface area contributed by atoms with E-state index < -0.39 is 0 Å². The summed E-state index contributed by atoms with van der Waals surface area (Å²) in [5, 5.41) is 3.42. The Morgan fingerprint density at radius 1 is 1.35 bits per heavy atom. The Hall–Kier alpha value is -1.13. The van der Waals surface area contributed by atoms with E-state index in [4.69, 9.17) is 4.74 Å². The zero-order valence-electron chi connectivity index (χ0n) is 12.1. The molecule has 20 heavy (non-hydrogen) atoms. The van der Waals surface area contributed by atoms with Crippen molar-refractivity contribution >= 4 is 5.69 Å². The minimum atomic E-state index is -0.114. The van der Waals surface area contributed by atoms with Gasteiger partial charge in [0.1, 0.15) is 5.82 Å². The maximum atomic E-state index is 14.3. The Morgan fingerprint density at radius 3 is 2.90 bits per heavy atom. The monoisotopic (exact) mass is 278 g/mol. The molecular weight excluding hydrogens is 255 g/mol. The molecule has 0 radical (unpaired) electrons. The van der Waals surface area contributed by atoms with Crippen LogP contribution in [-0.2, 0) is 11.3 Å². The SMILES string of the molecule is COC1CCCN(c2ccc(CNC3CC3)cc2F)C1. The quantitative estimate of drug-likeness (QED) is 0.896. The summed E-state index contributed by atoms with van der Waals surface area (Å²) in [5.74, 6) is -0.114. The highest BCUT2D eigenvalue weighted by molar-refractivity contribution is 5.49. The van der Waals surface area contributed by atoms with Gasteiger partial charge in [-0.05, 0) is 43.4 Å². The number of halogens is 1. The van der Waals surface area contributed by atoms with Crippen LogP contribution in [-0.4, -0.2) is 32.3 Å². The standard InChI is InChI=1S/C16H23FN2O/c1-20-14-3-2-8-19(11-14)16-7-4-12(9-15(16)17)10-18-13-5-6-13/h4,7,9,13-14,18H,2-3,5-6,8,10-11H2,1H3. The van der Waals surface area contributed by atoms with E-state index in [-0.39, 0.29) is 11.9 Å². The summed E-state index contributed by atoms with van der Waals surface area (Å²) in [6, 6.07) is 6.27. The maximum absolute atomic E-state index is 14.3. The van der Waals surface area contributed by atoms with Gasteiger partial charge in [0.25, 0.3) is 0 Å². The maximum Gasteiger partial charge on any atom is 0.146 e. The van der Waals surface area contributed by atoms with E-state index in [1.807, 2.05) is 12.1 Å². The van der Waals surface area contributed by atoms with E-state index >= 15 is 0 Å². The van der Waals surface area contributed by atoms with E-state index in [1.165, 1.54) is 12.8 Å². The van der Waals surface area contributed by atoms with Crippen molar-refractivity contribution < 1.29 is 9.13 Å². The second-order valence-corrected chi connectivity index (χ2v) is 5.89. The highest BCUT2D eigenvalue weighted by Gasteiger charge is 2.22. The number of hydrogen-bond donors (Lipinski definition) is 1. The van der Waals surface area contributed by atoms with E-state index in [9.17, 15) is 4.39 Å². The minimum Gasteiger partial charge on any atom is -0.380 e. The molecule has 3 rings (SSSR count). The molecule has 0 bridgehead atoms. The Balaban J connectivity index is 1.66. The molecule has 1 atom stereocenters. The van der Waals surface area contributed by atoms with Gasteiger partial charge in [-0.15, -0.1) is 0 Å². The molecule has 110 valence electrons. The Labute approximate surface area is 120 Å². The van der Waals surface area contributed by atoms with E-state index in [1.54, 1.807) is 13.2 Å². The molecular formula is C16H23FN2O. The van der Waals surface area contributed by atoms with E-state index in [2.05, 4.69) is 10.2 Å². The van der Waals surface area contributed by atoms with Crippen LogP contribution < -0.4 is 10.2 Å². The van der Waals surface area contributed by atoms with Crippen LogP contribution in [0, 0.1) is 5.82 Å². The average Bonchev–Trinajstić information content (AvgIpc) is 3.29. The van der Waals surface area contributed by atoms with Gasteiger partial charge in [0, 0.05) is 32.8 Å². The van der Waals surface area contributed by atoms with Crippen molar-refractivity contribution in [1.29, 1.82) is 0 Å². The molecule has 4 heteroatoms. The normalized spacial score (nSPS) is 23.1. The van der Waals surface area contributed by atoms with Gasteiger partial charge < -0.3 is 15.0 Å². The molecule has 2 aliphatic rings. The zero-order chi connectivity index (χ0) is 13.9. The first-order valence-corrected chi connectivity index (χ1v) is 7.56. The van der Waals surface area contributed by atoms with Crippen molar-refractivity contribution in [3.8, 4) is 0 Å². The molecule has 0 aromatic heterocycles. The van der Waals surface area contributed by atoms with Crippen LogP contribution >= 0.6 is 0 Å². The summed E-state index contributed by atoms with van der Waals surface area (Å²) in [6.45, 7) is 2.46. The lowest BCUT2D eigenvalue weighted by atomic mass is 10.1. The largest absolute Gasteiger partial charge is 0.380 e. The first-order valence-electron chi connectivity index (χ1n) is 7.56. The van der Waals surface area contributed by atoms with Gasteiger partial charge in [-0.1, -0.05) is 6.07 Å². The van der Waals surface area contributed by atoms with Crippen molar-refractivity contribution in [2.45, 2.75) is 44.4 Å². The van der Waals surface area contributed by atoms with Crippen LogP contribution in [0.4, 0.5) is 10.1 Å². The Morgan fingerprint density at radius 2 is 2.20 bits per heavy atom. The summed E-state index contributed by atoms with van der Waals surface area (Å²) in [6.07, 6.45) is 4.86. The number of benzene rings is 1. The number of piperidine rings is 1. The summed E-state index contributed by atoms with van der Waals surface area (Å²) in [4.78, 5) is 2.10. The molecule has 2 fully saturated rings. The van der Waals surface area contributed by atoms with Crippen molar-refractivity contribution in [2.24, 2.45) is 0 Å². The molecule has 0 amide bonds. The lowest BCUT2D eigenvalue weighted by Crippen LogP contribution is -2.39. The minimum absolute atomic E-state index is 0.114. The van der Waals surface area contributed by atoms with Crippen LogP contribution in [0.25, 0.3) is 0 Å². The van der Waals surface area contributed by atoms with Crippen LogP contribution in [0.5, 0.6) is 0 Å². The predicted octanol–water partition coefficient (Wildman–Crippen LogP) is 2.69. The number of methoxy groups -OCH3 is 1. The third kappa shape index (κ3) is 3.30. The molecule has 3 nitrogen and oxygen atoms in total. The third-order valence-corrected chi connectivity index (χ3v) is 4.24. The molecule has 1 saturated carbocycles. The molecule has 1 aliphatic heterocycles. The first-order chi connectivity index (χ1) is 9.76. The van der Waals surface area contributed by atoms with Gasteiger partial charge in [-0.25, -0.2) is 4.39 Å². The van der Waals surface area contributed by atoms with Crippen LogP contribution in [0.3, 0.4) is 0 Å². The zero-order valence-corrected chi connectivity index (χ0v) is 12.1. The van der Waals surface area contributed by atoms with Gasteiger partial charge in [0.15, 0.2) is 0 Å². The molecule has 1 aromatic carbocycles. The topological polar surface area (TPSA) is 24.5 Å². The fourth-order valence-electron chi connectivity index (χ4n) is 2.82. The van der Waals surface area contributed by atoms with E-state index in [0.29, 0.717) is 11.7 Å². The molecule has 1 aromatic rings. The van der Waals surface area contributed by atoms with Crippen LogP contribution in [0.2, 0.25) is 0 Å². The summed E-state index contributed by atoms with van der Waals surface area (Å²) in [7, 11) is 1.73. The summed E-state index contributed by atoms with van der Waals surface area (Å²) in [5.41, 5.74) is 1.74. The lowest BCUT2D eigenvalue weighted by molar-refractivity contribution is 0.0892. The van der Waals surface area contributed by atoms with Crippen LogP contribution in [0.1, 0.15) is 31.2 Å². The van der Waals surface area contributed by atoms with Gasteiger partial charge in [0.05, 0.1) is 11.8 Å². The fraction of sp³-hybridized carbons (Fsp3) is 0.625. The Bertz CT molecular complexity index is 462. The fourth-order valence-corrected chi connectivity index (χ4v) is 2.82. The third-order valence-electron chi connectivity index (χ3n) is 4.24. The van der Waals surface area contributed by atoms with Gasteiger partial charge in [0.2, 0.25) is 0 Å². The molecule has 1 aliphatic carbocycles. The average molecular weight is 278 g/mol. The van der Waals surface area contributed by atoms with Crippen molar-refractivity contribution in [3.05, 3.63) is 29.6 Å². The predicted molar refractivity (Wildman–Crippen MR) is 78.5 cm³/mol. The van der Waals surface area contributed by atoms with Crippen molar-refractivity contribution in [2.75, 3.05) is 25.1 Å². The number of ether oxygens (including phenoxy) is 1. The smallest absolute Gasteiger partial charge is 0.146 e. The van der Waals surface area contributed by atoms with Gasteiger partial charge >= 0.3 is 0 Å². The number of nitrogens with zero attached hydrogens (tertiary/aromatic N) is 1. The number of nitrogens with one attached hydrogen (secondary N) is 1. The summed E-state index contributed by atoms with van der Waals surface area (Å²) < 4.78 is 19.7. The molecule has 1 N–H and O–H groups in total. The van der Waals surface area contributed by atoms with Gasteiger partial charge in [-0.2, -0.15) is 0 Å². The molecule has 1 heterocycles. The second-order valence-electron chi connectivity index (χ2n) is 5.89. The van der Waals surface area contributed by atoms with Crippen molar-refractivity contribution in [3.63, 3.8) is 0 Å². The number of rotatable bonds is 5. The molecule has 1 unspecified atom stereocenters. The molecule has 1 saturated heterocycles.